The lowest BCUT2D eigenvalue weighted by Gasteiger charge is -2.58. The quantitative estimate of drug-likeness (QED) is 0.835. The molecule has 0 saturated heterocycles. The Morgan fingerprint density at radius 3 is 1.91 bits per heavy atom. The van der Waals surface area contributed by atoms with Crippen molar-refractivity contribution >= 4 is 11.9 Å². The van der Waals surface area contributed by atoms with Crippen LogP contribution in [0, 0.1) is 29.1 Å². The molecule has 4 bridgehead atoms. The molecule has 0 radical (unpaired) electrons. The second-order valence-electron chi connectivity index (χ2n) is 8.89. The molecule has 1 amide bonds. The lowest BCUT2D eigenvalue weighted by atomic mass is 9.47. The Morgan fingerprint density at radius 2 is 1.43 bits per heavy atom. The number of hydrogen-bond acceptors (Lipinski definition) is 2. The average Bonchev–Trinajstić information content (AvgIpc) is 2.51. The van der Waals surface area contributed by atoms with Crippen LogP contribution in [0.4, 0.5) is 0 Å². The Hall–Kier alpha value is -1.06. The van der Waals surface area contributed by atoms with Gasteiger partial charge in [-0.2, -0.15) is 0 Å². The first-order valence-corrected chi connectivity index (χ1v) is 9.59. The van der Waals surface area contributed by atoms with E-state index < -0.39 is 12.0 Å². The molecule has 5 aliphatic carbocycles. The van der Waals surface area contributed by atoms with Gasteiger partial charge in [-0.1, -0.05) is 19.3 Å². The van der Waals surface area contributed by atoms with Crippen LogP contribution in [0.15, 0.2) is 0 Å². The van der Waals surface area contributed by atoms with E-state index in [1.165, 1.54) is 25.7 Å². The van der Waals surface area contributed by atoms with Crippen LogP contribution in [0.2, 0.25) is 0 Å². The summed E-state index contributed by atoms with van der Waals surface area (Å²) in [6.45, 7) is 0. The van der Waals surface area contributed by atoms with Crippen molar-refractivity contribution in [1.29, 1.82) is 0 Å². The number of rotatable bonds is 4. The maximum atomic E-state index is 12.6. The van der Waals surface area contributed by atoms with Gasteiger partial charge in [0.25, 0.3) is 0 Å². The zero-order chi connectivity index (χ0) is 16.0. The van der Waals surface area contributed by atoms with E-state index in [1.54, 1.807) is 0 Å². The summed E-state index contributed by atoms with van der Waals surface area (Å²) in [5, 5.41) is 12.9. The molecule has 0 aromatic carbocycles. The molecule has 0 aromatic rings. The van der Waals surface area contributed by atoms with Gasteiger partial charge in [-0.3, -0.25) is 4.79 Å². The number of amides is 1. The maximum Gasteiger partial charge on any atom is 0.326 e. The van der Waals surface area contributed by atoms with Crippen molar-refractivity contribution in [2.24, 2.45) is 29.1 Å². The third-order valence-corrected chi connectivity index (χ3v) is 7.21. The number of carboxylic acids is 1. The summed E-state index contributed by atoms with van der Waals surface area (Å²) < 4.78 is 0. The first-order chi connectivity index (χ1) is 11.1. The zero-order valence-corrected chi connectivity index (χ0v) is 13.9. The van der Waals surface area contributed by atoms with Gasteiger partial charge in [-0.25, -0.2) is 4.79 Å². The molecular weight excluding hydrogens is 290 g/mol. The molecule has 23 heavy (non-hydrogen) atoms. The van der Waals surface area contributed by atoms with Gasteiger partial charge in [0.1, 0.15) is 6.04 Å². The average molecular weight is 319 g/mol. The Labute approximate surface area is 138 Å². The van der Waals surface area contributed by atoms with E-state index in [1.807, 2.05) is 0 Å². The first kappa shape index (κ1) is 15.5. The first-order valence-electron chi connectivity index (χ1n) is 9.59. The predicted molar refractivity (Wildman–Crippen MR) is 86.7 cm³/mol. The normalized spacial score (nSPS) is 40.8. The van der Waals surface area contributed by atoms with Crippen LogP contribution in [0.1, 0.15) is 70.6 Å². The molecule has 5 aliphatic rings. The SMILES string of the molecule is O=C(NC(C(=O)O)C12CC3CC(CC(C3)C1)C2)C1CCCCC1. The monoisotopic (exact) mass is 319 g/mol. The summed E-state index contributed by atoms with van der Waals surface area (Å²) in [7, 11) is 0. The standard InChI is InChI=1S/C19H29NO3/c21-17(15-4-2-1-3-5-15)20-16(18(22)23)19-9-12-6-13(10-19)8-14(7-12)11-19/h12-16H,1-11H2,(H,20,21)(H,22,23). The van der Waals surface area contributed by atoms with Crippen LogP contribution in [0.5, 0.6) is 0 Å². The summed E-state index contributed by atoms with van der Waals surface area (Å²) >= 11 is 0. The van der Waals surface area contributed by atoms with Gasteiger partial charge in [0.15, 0.2) is 0 Å². The fourth-order valence-electron chi connectivity index (χ4n) is 6.63. The molecular formula is C19H29NO3. The maximum absolute atomic E-state index is 12.6. The van der Waals surface area contributed by atoms with Crippen LogP contribution in [0.25, 0.3) is 0 Å². The van der Waals surface area contributed by atoms with E-state index in [-0.39, 0.29) is 17.2 Å². The highest BCUT2D eigenvalue weighted by atomic mass is 16.4. The molecule has 4 heteroatoms. The van der Waals surface area contributed by atoms with Crippen LogP contribution in [-0.2, 0) is 9.59 Å². The predicted octanol–water partition coefficient (Wildman–Crippen LogP) is 3.35. The number of carbonyl (C=O) groups excluding carboxylic acids is 1. The fourth-order valence-corrected chi connectivity index (χ4v) is 6.63. The van der Waals surface area contributed by atoms with E-state index in [9.17, 15) is 14.7 Å². The Kier molecular flexibility index (Phi) is 3.89. The van der Waals surface area contributed by atoms with Gasteiger partial charge >= 0.3 is 5.97 Å². The molecule has 0 aliphatic heterocycles. The number of carbonyl (C=O) groups is 2. The topological polar surface area (TPSA) is 66.4 Å². The summed E-state index contributed by atoms with van der Waals surface area (Å²) in [6.07, 6.45) is 12.2. The molecule has 128 valence electrons. The Bertz CT molecular complexity index is 460. The molecule has 0 aromatic heterocycles. The molecule has 5 rings (SSSR count). The van der Waals surface area contributed by atoms with Crippen LogP contribution < -0.4 is 5.32 Å². The summed E-state index contributed by atoms with van der Waals surface area (Å²) in [6, 6.07) is -0.662. The third-order valence-electron chi connectivity index (χ3n) is 7.21. The minimum Gasteiger partial charge on any atom is -0.480 e. The van der Waals surface area contributed by atoms with E-state index in [4.69, 9.17) is 0 Å². The summed E-state index contributed by atoms with van der Waals surface area (Å²) in [5.74, 6) is 1.35. The van der Waals surface area contributed by atoms with Crippen LogP contribution >= 0.6 is 0 Å². The van der Waals surface area contributed by atoms with Crippen LogP contribution in [0.3, 0.4) is 0 Å². The smallest absolute Gasteiger partial charge is 0.326 e. The van der Waals surface area contributed by atoms with Crippen LogP contribution in [-0.4, -0.2) is 23.0 Å². The van der Waals surface area contributed by atoms with Crippen molar-refractivity contribution in [3.8, 4) is 0 Å². The zero-order valence-electron chi connectivity index (χ0n) is 13.9. The van der Waals surface area contributed by atoms with Crippen molar-refractivity contribution in [1.82, 2.24) is 5.32 Å². The lowest BCUT2D eigenvalue weighted by Crippen LogP contribution is -2.60. The molecule has 0 heterocycles. The van der Waals surface area contributed by atoms with Gasteiger partial charge in [-0.05, 0) is 69.1 Å². The largest absolute Gasteiger partial charge is 0.480 e. The van der Waals surface area contributed by atoms with Gasteiger partial charge in [0, 0.05) is 11.3 Å². The molecule has 2 N–H and O–H groups in total. The van der Waals surface area contributed by atoms with E-state index in [0.29, 0.717) is 17.8 Å². The molecule has 5 fully saturated rings. The minimum atomic E-state index is -0.809. The molecule has 1 unspecified atom stereocenters. The molecule has 0 spiro atoms. The molecule has 4 nitrogen and oxygen atoms in total. The van der Waals surface area contributed by atoms with Crippen molar-refractivity contribution < 1.29 is 14.7 Å². The number of nitrogens with one attached hydrogen (secondary N) is 1. The number of carboxylic acid groups (broad SMARTS) is 1. The van der Waals surface area contributed by atoms with Gasteiger partial charge < -0.3 is 10.4 Å². The van der Waals surface area contributed by atoms with E-state index >= 15 is 0 Å². The van der Waals surface area contributed by atoms with E-state index in [0.717, 1.165) is 44.9 Å². The highest BCUT2D eigenvalue weighted by Crippen LogP contribution is 2.61. The Morgan fingerprint density at radius 1 is 0.913 bits per heavy atom. The number of aliphatic carboxylic acids is 1. The van der Waals surface area contributed by atoms with Crippen molar-refractivity contribution in [3.05, 3.63) is 0 Å². The van der Waals surface area contributed by atoms with Gasteiger partial charge in [0.2, 0.25) is 5.91 Å². The van der Waals surface area contributed by atoms with Gasteiger partial charge in [0.05, 0.1) is 0 Å². The Balaban J connectivity index is 1.51. The number of hydrogen-bond donors (Lipinski definition) is 2. The second-order valence-corrected chi connectivity index (χ2v) is 8.89. The van der Waals surface area contributed by atoms with Crippen molar-refractivity contribution in [2.75, 3.05) is 0 Å². The molecule has 5 saturated carbocycles. The van der Waals surface area contributed by atoms with Crippen molar-refractivity contribution in [3.63, 3.8) is 0 Å². The van der Waals surface area contributed by atoms with Crippen molar-refractivity contribution in [2.45, 2.75) is 76.7 Å². The second kappa shape index (κ2) is 5.78. The van der Waals surface area contributed by atoms with Gasteiger partial charge in [-0.15, -0.1) is 0 Å². The molecule has 1 atom stereocenters. The lowest BCUT2D eigenvalue weighted by molar-refractivity contribution is -0.155. The summed E-state index contributed by atoms with van der Waals surface area (Å²) in [4.78, 5) is 24.7. The highest BCUT2D eigenvalue weighted by molar-refractivity contribution is 5.85. The summed E-state index contributed by atoms with van der Waals surface area (Å²) in [5.41, 5.74) is -0.162. The minimum absolute atomic E-state index is 0.00726. The van der Waals surface area contributed by atoms with E-state index in [2.05, 4.69) is 5.32 Å². The highest BCUT2D eigenvalue weighted by Gasteiger charge is 2.56. The fraction of sp³-hybridized carbons (Fsp3) is 0.895. The third kappa shape index (κ3) is 2.78.